The Labute approximate surface area is 126 Å². The SMILES string of the molecule is CCCCCCCCCCCC[n+]1c(C)cccc1C. The minimum atomic E-state index is 1.19. The van der Waals surface area contributed by atoms with Crippen molar-refractivity contribution in [2.24, 2.45) is 0 Å². The van der Waals surface area contributed by atoms with Gasteiger partial charge in [-0.1, -0.05) is 58.3 Å². The van der Waals surface area contributed by atoms with Crippen molar-refractivity contribution in [2.75, 3.05) is 0 Å². The second kappa shape index (κ2) is 10.9. The maximum Gasteiger partial charge on any atom is 0.178 e. The van der Waals surface area contributed by atoms with Crippen molar-refractivity contribution in [3.63, 3.8) is 0 Å². The summed E-state index contributed by atoms with van der Waals surface area (Å²) in [4.78, 5) is 0. The number of unbranched alkanes of at least 4 members (excludes halogenated alkanes) is 9. The van der Waals surface area contributed by atoms with Crippen LogP contribution in [0.1, 0.15) is 82.5 Å². The van der Waals surface area contributed by atoms with Crippen molar-refractivity contribution >= 4 is 0 Å². The van der Waals surface area contributed by atoms with Crippen LogP contribution in [0, 0.1) is 13.8 Å². The Morgan fingerprint density at radius 1 is 0.700 bits per heavy atom. The standard InChI is InChI=1S/C19H34N/c1-4-5-6-7-8-9-10-11-12-13-17-20-18(2)15-14-16-19(20)3/h14-16H,4-13,17H2,1-3H3/q+1. The second-order valence-electron chi connectivity index (χ2n) is 6.14. The number of hydrogen-bond donors (Lipinski definition) is 0. The molecule has 1 rings (SSSR count). The van der Waals surface area contributed by atoms with Gasteiger partial charge in [-0.3, -0.25) is 0 Å². The molecule has 1 heterocycles. The van der Waals surface area contributed by atoms with E-state index >= 15 is 0 Å². The summed E-state index contributed by atoms with van der Waals surface area (Å²) in [5.74, 6) is 0. The van der Waals surface area contributed by atoms with Crippen LogP contribution < -0.4 is 4.57 Å². The average molecular weight is 276 g/mol. The Kier molecular flexibility index (Phi) is 9.36. The van der Waals surface area contributed by atoms with Crippen LogP contribution in [0.5, 0.6) is 0 Å². The number of rotatable bonds is 11. The zero-order valence-electron chi connectivity index (χ0n) is 14.0. The molecule has 1 heteroatoms. The Bertz CT molecular complexity index is 337. The maximum atomic E-state index is 2.45. The number of nitrogens with zero attached hydrogens (tertiary/aromatic N) is 1. The van der Waals surface area contributed by atoms with Gasteiger partial charge in [0.25, 0.3) is 0 Å². The first kappa shape index (κ1) is 17.2. The van der Waals surface area contributed by atoms with Gasteiger partial charge in [-0.05, 0) is 12.5 Å². The molecule has 0 saturated heterocycles. The summed E-state index contributed by atoms with van der Waals surface area (Å²) < 4.78 is 2.45. The summed E-state index contributed by atoms with van der Waals surface area (Å²) in [5, 5.41) is 0. The predicted molar refractivity (Wildman–Crippen MR) is 88.0 cm³/mol. The van der Waals surface area contributed by atoms with Gasteiger partial charge >= 0.3 is 0 Å². The van der Waals surface area contributed by atoms with E-state index in [1.807, 2.05) is 0 Å². The molecule has 0 bridgehead atoms. The lowest BCUT2D eigenvalue weighted by Crippen LogP contribution is -2.40. The highest BCUT2D eigenvalue weighted by Crippen LogP contribution is 2.10. The van der Waals surface area contributed by atoms with Crippen molar-refractivity contribution < 1.29 is 4.57 Å². The molecule has 0 unspecified atom stereocenters. The van der Waals surface area contributed by atoms with Gasteiger partial charge in [-0.15, -0.1) is 0 Å². The second-order valence-corrected chi connectivity index (χ2v) is 6.14. The lowest BCUT2D eigenvalue weighted by molar-refractivity contribution is -0.709. The number of pyridine rings is 1. The molecule has 0 amide bonds. The molecule has 0 aliphatic rings. The van der Waals surface area contributed by atoms with Crippen LogP contribution in [0.25, 0.3) is 0 Å². The number of hydrogen-bond acceptors (Lipinski definition) is 0. The molecule has 114 valence electrons. The Balaban J connectivity index is 2.00. The first-order valence-electron chi connectivity index (χ1n) is 8.71. The van der Waals surface area contributed by atoms with Crippen LogP contribution in [0.2, 0.25) is 0 Å². The van der Waals surface area contributed by atoms with Gasteiger partial charge in [0.15, 0.2) is 11.4 Å². The van der Waals surface area contributed by atoms with Gasteiger partial charge in [0.05, 0.1) is 0 Å². The molecule has 0 fully saturated rings. The quantitative estimate of drug-likeness (QED) is 0.370. The molecular weight excluding hydrogens is 242 g/mol. The fraction of sp³-hybridized carbons (Fsp3) is 0.737. The largest absolute Gasteiger partial charge is 0.200 e. The smallest absolute Gasteiger partial charge is 0.178 e. The maximum absolute atomic E-state index is 2.45. The van der Waals surface area contributed by atoms with Gasteiger partial charge in [-0.2, -0.15) is 0 Å². The molecule has 20 heavy (non-hydrogen) atoms. The molecule has 0 atom stereocenters. The lowest BCUT2D eigenvalue weighted by Gasteiger charge is -2.04. The van der Waals surface area contributed by atoms with Crippen LogP contribution in [-0.4, -0.2) is 0 Å². The normalized spacial score (nSPS) is 10.9. The molecule has 0 radical (unpaired) electrons. The minimum absolute atomic E-state index is 1.19. The van der Waals surface area contributed by atoms with Gasteiger partial charge < -0.3 is 0 Å². The molecule has 1 nitrogen and oxygen atoms in total. The zero-order valence-corrected chi connectivity index (χ0v) is 14.0. The predicted octanol–water partition coefficient (Wildman–Crippen LogP) is 5.51. The van der Waals surface area contributed by atoms with Crippen molar-refractivity contribution in [3.8, 4) is 0 Å². The van der Waals surface area contributed by atoms with Crippen molar-refractivity contribution in [1.82, 2.24) is 0 Å². The van der Waals surface area contributed by atoms with Gasteiger partial charge in [0.2, 0.25) is 0 Å². The van der Waals surface area contributed by atoms with Crippen molar-refractivity contribution in [3.05, 3.63) is 29.6 Å². The molecule has 0 aliphatic heterocycles. The fourth-order valence-corrected chi connectivity index (χ4v) is 2.89. The molecule has 0 aliphatic carbocycles. The first-order chi connectivity index (χ1) is 9.75. The van der Waals surface area contributed by atoms with E-state index in [9.17, 15) is 0 Å². The van der Waals surface area contributed by atoms with Crippen LogP contribution in [-0.2, 0) is 6.54 Å². The summed E-state index contributed by atoms with van der Waals surface area (Å²) in [6.45, 7) is 7.90. The molecule has 0 N–H and O–H groups in total. The molecule has 1 aromatic heterocycles. The van der Waals surface area contributed by atoms with Crippen molar-refractivity contribution in [2.45, 2.75) is 91.5 Å². The van der Waals surface area contributed by atoms with E-state index in [4.69, 9.17) is 0 Å². The van der Waals surface area contributed by atoms with E-state index in [-0.39, 0.29) is 0 Å². The van der Waals surface area contributed by atoms with E-state index in [0.717, 1.165) is 0 Å². The topological polar surface area (TPSA) is 3.88 Å². The molecule has 0 saturated carbocycles. The first-order valence-corrected chi connectivity index (χ1v) is 8.71. The van der Waals surface area contributed by atoms with Crippen LogP contribution in [0.3, 0.4) is 0 Å². The third-order valence-corrected chi connectivity index (χ3v) is 4.26. The summed E-state index contributed by atoms with van der Waals surface area (Å²) >= 11 is 0. The summed E-state index contributed by atoms with van der Waals surface area (Å²) in [7, 11) is 0. The zero-order chi connectivity index (χ0) is 14.6. The van der Waals surface area contributed by atoms with Gasteiger partial charge in [0, 0.05) is 32.4 Å². The van der Waals surface area contributed by atoms with E-state index < -0.39 is 0 Å². The summed E-state index contributed by atoms with van der Waals surface area (Å²) in [6, 6.07) is 6.58. The third-order valence-electron chi connectivity index (χ3n) is 4.26. The lowest BCUT2D eigenvalue weighted by atomic mass is 10.1. The fourth-order valence-electron chi connectivity index (χ4n) is 2.89. The molecular formula is C19H34N+. The van der Waals surface area contributed by atoms with Crippen molar-refractivity contribution in [1.29, 1.82) is 0 Å². The average Bonchev–Trinajstić information content (AvgIpc) is 2.43. The van der Waals surface area contributed by atoms with Crippen LogP contribution >= 0.6 is 0 Å². The highest BCUT2D eigenvalue weighted by atomic mass is 15.0. The van der Waals surface area contributed by atoms with Crippen LogP contribution in [0.15, 0.2) is 18.2 Å². The Morgan fingerprint density at radius 2 is 1.15 bits per heavy atom. The van der Waals surface area contributed by atoms with E-state index in [2.05, 4.69) is 43.5 Å². The molecule has 0 spiro atoms. The van der Waals surface area contributed by atoms with Gasteiger partial charge in [0.1, 0.15) is 6.54 Å². The number of aromatic nitrogens is 1. The third kappa shape index (κ3) is 7.07. The molecule has 0 aromatic carbocycles. The molecule has 1 aromatic rings. The minimum Gasteiger partial charge on any atom is -0.200 e. The van der Waals surface area contributed by atoms with Crippen LogP contribution in [0.4, 0.5) is 0 Å². The summed E-state index contributed by atoms with van der Waals surface area (Å²) in [5.41, 5.74) is 2.78. The van der Waals surface area contributed by atoms with Gasteiger partial charge in [-0.25, -0.2) is 4.57 Å². The van der Waals surface area contributed by atoms with E-state index in [1.54, 1.807) is 0 Å². The highest BCUT2D eigenvalue weighted by Gasteiger charge is 2.08. The highest BCUT2D eigenvalue weighted by molar-refractivity contribution is 5.00. The Hall–Kier alpha value is -0.850. The number of aryl methyl sites for hydroxylation is 2. The monoisotopic (exact) mass is 276 g/mol. The summed E-state index contributed by atoms with van der Waals surface area (Å²) in [6.07, 6.45) is 14.1. The van der Waals surface area contributed by atoms with E-state index in [0.29, 0.717) is 0 Å². The van der Waals surface area contributed by atoms with E-state index in [1.165, 1.54) is 82.1 Å². The Morgan fingerprint density at radius 3 is 1.65 bits per heavy atom.